The summed E-state index contributed by atoms with van der Waals surface area (Å²) in [5, 5.41) is 6.41. The van der Waals surface area contributed by atoms with E-state index in [-0.39, 0.29) is 24.4 Å². The molecule has 100 valence electrons. The summed E-state index contributed by atoms with van der Waals surface area (Å²) in [6, 6.07) is 0.314. The maximum Gasteiger partial charge on any atom is 0.255 e. The summed E-state index contributed by atoms with van der Waals surface area (Å²) in [5.74, 6) is 0.0127. The lowest BCUT2D eigenvalue weighted by Crippen LogP contribution is -2.23. The van der Waals surface area contributed by atoms with Gasteiger partial charge in [0.1, 0.15) is 6.10 Å². The molecule has 18 heavy (non-hydrogen) atoms. The molecule has 2 heterocycles. The minimum Gasteiger partial charge on any atom is -0.472 e. The van der Waals surface area contributed by atoms with Crippen molar-refractivity contribution in [1.29, 1.82) is 0 Å². The molecule has 7 heteroatoms. The number of halogens is 2. The Kier molecular flexibility index (Phi) is 4.19. The molecule has 1 aliphatic heterocycles. The monoisotopic (exact) mass is 274 g/mol. The van der Waals surface area contributed by atoms with Gasteiger partial charge in [-0.2, -0.15) is 9.37 Å². The lowest BCUT2D eigenvalue weighted by Gasteiger charge is -2.12. The fourth-order valence-electron chi connectivity index (χ4n) is 1.81. The number of nitrogens with one attached hydrogen (secondary N) is 2. The van der Waals surface area contributed by atoms with E-state index in [0.29, 0.717) is 12.0 Å². The Morgan fingerprint density at radius 2 is 2.22 bits per heavy atom. The standard InChI is InChI=1S/C11H15FN4O.ClH/c12-9-6-14-11(15-7-3-4-13-5-7)16-10(9)17-8-1-2-8;/h6-8,13H,1-5H2,(H,14,15,16);1H. The minimum atomic E-state index is -0.494. The molecule has 0 spiro atoms. The molecule has 1 saturated carbocycles. The van der Waals surface area contributed by atoms with E-state index in [4.69, 9.17) is 4.74 Å². The maximum absolute atomic E-state index is 13.4. The van der Waals surface area contributed by atoms with E-state index in [0.717, 1.165) is 38.5 Å². The second kappa shape index (κ2) is 5.67. The highest BCUT2D eigenvalue weighted by molar-refractivity contribution is 5.85. The van der Waals surface area contributed by atoms with Crippen molar-refractivity contribution in [2.45, 2.75) is 31.4 Å². The van der Waals surface area contributed by atoms with Gasteiger partial charge in [-0.3, -0.25) is 0 Å². The van der Waals surface area contributed by atoms with Gasteiger partial charge in [0.05, 0.1) is 6.20 Å². The molecular formula is C11H16ClFN4O. The highest BCUT2D eigenvalue weighted by atomic mass is 35.5. The Labute approximate surface area is 111 Å². The second-order valence-electron chi connectivity index (χ2n) is 4.50. The van der Waals surface area contributed by atoms with Crippen molar-refractivity contribution in [1.82, 2.24) is 15.3 Å². The van der Waals surface area contributed by atoms with Crippen LogP contribution in [0.3, 0.4) is 0 Å². The average molecular weight is 275 g/mol. The van der Waals surface area contributed by atoms with E-state index in [9.17, 15) is 4.39 Å². The van der Waals surface area contributed by atoms with Crippen molar-refractivity contribution >= 4 is 18.4 Å². The van der Waals surface area contributed by atoms with E-state index >= 15 is 0 Å². The first-order chi connectivity index (χ1) is 8.31. The van der Waals surface area contributed by atoms with Crippen LogP contribution in [0.15, 0.2) is 6.20 Å². The molecule has 1 unspecified atom stereocenters. The zero-order chi connectivity index (χ0) is 11.7. The summed E-state index contributed by atoms with van der Waals surface area (Å²) >= 11 is 0. The molecule has 1 aliphatic carbocycles. The van der Waals surface area contributed by atoms with Crippen LogP contribution in [0.1, 0.15) is 19.3 Å². The smallest absolute Gasteiger partial charge is 0.255 e. The van der Waals surface area contributed by atoms with Crippen LogP contribution in [0.4, 0.5) is 10.3 Å². The lowest BCUT2D eigenvalue weighted by atomic mass is 10.3. The largest absolute Gasteiger partial charge is 0.472 e. The van der Waals surface area contributed by atoms with Crippen molar-refractivity contribution in [3.8, 4) is 5.88 Å². The van der Waals surface area contributed by atoms with E-state index in [1.165, 1.54) is 0 Å². The fraction of sp³-hybridized carbons (Fsp3) is 0.636. The second-order valence-corrected chi connectivity index (χ2v) is 4.50. The lowest BCUT2D eigenvalue weighted by molar-refractivity contribution is 0.274. The molecular weight excluding hydrogens is 259 g/mol. The van der Waals surface area contributed by atoms with Gasteiger partial charge in [0, 0.05) is 12.6 Å². The number of rotatable bonds is 4. The van der Waals surface area contributed by atoms with Gasteiger partial charge in [-0.25, -0.2) is 4.98 Å². The van der Waals surface area contributed by atoms with Gasteiger partial charge in [-0.15, -0.1) is 12.4 Å². The van der Waals surface area contributed by atoms with Crippen LogP contribution in [0, 0.1) is 5.82 Å². The average Bonchev–Trinajstić information content (AvgIpc) is 2.98. The molecule has 5 nitrogen and oxygen atoms in total. The van der Waals surface area contributed by atoms with Gasteiger partial charge in [0.15, 0.2) is 0 Å². The molecule has 2 aliphatic rings. The number of hydrogen-bond donors (Lipinski definition) is 2. The first-order valence-electron chi connectivity index (χ1n) is 5.98. The highest BCUT2D eigenvalue weighted by Crippen LogP contribution is 2.27. The van der Waals surface area contributed by atoms with Crippen LogP contribution >= 0.6 is 12.4 Å². The fourth-order valence-corrected chi connectivity index (χ4v) is 1.81. The van der Waals surface area contributed by atoms with Gasteiger partial charge in [-0.05, 0) is 25.8 Å². The molecule has 1 atom stereocenters. The number of nitrogens with zero attached hydrogens (tertiary/aromatic N) is 2. The molecule has 0 bridgehead atoms. The predicted octanol–water partition coefficient (Wildman–Crippen LogP) is 1.35. The van der Waals surface area contributed by atoms with Crippen molar-refractivity contribution in [3.05, 3.63) is 12.0 Å². The summed E-state index contributed by atoms with van der Waals surface area (Å²) in [4.78, 5) is 7.99. The van der Waals surface area contributed by atoms with Crippen LogP contribution in [-0.2, 0) is 0 Å². The first kappa shape index (κ1) is 13.3. The van der Waals surface area contributed by atoms with Crippen LogP contribution < -0.4 is 15.4 Å². The zero-order valence-electron chi connectivity index (χ0n) is 9.86. The molecule has 2 N–H and O–H groups in total. The summed E-state index contributed by atoms with van der Waals surface area (Å²) in [6.07, 6.45) is 4.30. The normalized spacial score (nSPS) is 22.4. The van der Waals surface area contributed by atoms with Gasteiger partial charge < -0.3 is 15.4 Å². The molecule has 0 radical (unpaired) electrons. The topological polar surface area (TPSA) is 59.1 Å². The van der Waals surface area contributed by atoms with Crippen molar-refractivity contribution in [2.75, 3.05) is 18.4 Å². The first-order valence-corrected chi connectivity index (χ1v) is 5.98. The van der Waals surface area contributed by atoms with Gasteiger partial charge in [-0.1, -0.05) is 0 Å². The Bertz CT molecular complexity index is 410. The Morgan fingerprint density at radius 3 is 2.89 bits per heavy atom. The molecule has 2 fully saturated rings. The molecule has 1 aromatic heterocycles. The van der Waals surface area contributed by atoms with Gasteiger partial charge in [0.2, 0.25) is 11.8 Å². The quantitative estimate of drug-likeness (QED) is 0.868. The summed E-state index contributed by atoms with van der Waals surface area (Å²) in [6.45, 7) is 1.88. The van der Waals surface area contributed by atoms with Crippen LogP contribution in [0.25, 0.3) is 0 Å². The molecule has 3 rings (SSSR count). The van der Waals surface area contributed by atoms with Crippen molar-refractivity contribution < 1.29 is 9.13 Å². The number of hydrogen-bond acceptors (Lipinski definition) is 5. The number of anilines is 1. The molecule has 0 amide bonds. The van der Waals surface area contributed by atoms with E-state index < -0.39 is 5.82 Å². The van der Waals surface area contributed by atoms with Crippen LogP contribution in [0.2, 0.25) is 0 Å². The zero-order valence-corrected chi connectivity index (χ0v) is 10.7. The maximum atomic E-state index is 13.4. The minimum absolute atomic E-state index is 0. The van der Waals surface area contributed by atoms with E-state index in [1.54, 1.807) is 0 Å². The van der Waals surface area contributed by atoms with Crippen LogP contribution in [-0.4, -0.2) is 35.2 Å². The highest BCUT2D eigenvalue weighted by Gasteiger charge is 2.26. The summed E-state index contributed by atoms with van der Waals surface area (Å²) in [7, 11) is 0. The molecule has 1 saturated heterocycles. The van der Waals surface area contributed by atoms with Crippen LogP contribution in [0.5, 0.6) is 5.88 Å². The Balaban J connectivity index is 0.00000120. The third kappa shape index (κ3) is 3.20. The number of ether oxygens (including phenoxy) is 1. The van der Waals surface area contributed by atoms with Gasteiger partial charge in [0.25, 0.3) is 5.88 Å². The summed E-state index contributed by atoms with van der Waals surface area (Å²) in [5.41, 5.74) is 0. The SMILES string of the molecule is Cl.Fc1cnc(NC2CCNC2)nc1OC1CC1. The van der Waals surface area contributed by atoms with Crippen molar-refractivity contribution in [3.63, 3.8) is 0 Å². The summed E-state index contributed by atoms with van der Waals surface area (Å²) < 4.78 is 18.8. The predicted molar refractivity (Wildman–Crippen MR) is 67.8 cm³/mol. The number of aromatic nitrogens is 2. The van der Waals surface area contributed by atoms with Gasteiger partial charge >= 0.3 is 0 Å². The Hall–Kier alpha value is -1.14. The molecule has 1 aromatic rings. The van der Waals surface area contributed by atoms with Crippen molar-refractivity contribution in [2.24, 2.45) is 0 Å². The molecule has 0 aromatic carbocycles. The third-order valence-corrected chi connectivity index (χ3v) is 2.91. The third-order valence-electron chi connectivity index (χ3n) is 2.91. The van der Waals surface area contributed by atoms with E-state index in [2.05, 4.69) is 20.6 Å². The Morgan fingerprint density at radius 1 is 1.39 bits per heavy atom. The van der Waals surface area contributed by atoms with E-state index in [1.807, 2.05) is 0 Å².